The summed E-state index contributed by atoms with van der Waals surface area (Å²) in [5, 5.41) is 2.89. The minimum Gasteiger partial charge on any atom is -0.490 e. The van der Waals surface area contributed by atoms with E-state index < -0.39 is 11.1 Å². The van der Waals surface area contributed by atoms with Crippen molar-refractivity contribution in [1.29, 1.82) is 0 Å². The Bertz CT molecular complexity index is 1330. The Kier molecular flexibility index (Phi) is 8.55. The lowest BCUT2D eigenvalue weighted by Crippen LogP contribution is -2.27. The van der Waals surface area contributed by atoms with Crippen LogP contribution in [0.15, 0.2) is 71.6 Å². The van der Waals surface area contributed by atoms with E-state index in [1.807, 2.05) is 25.1 Å². The Balaban J connectivity index is 1.53. The van der Waals surface area contributed by atoms with Crippen LogP contribution in [-0.2, 0) is 9.59 Å². The highest BCUT2D eigenvalue weighted by atomic mass is 127. The van der Waals surface area contributed by atoms with Gasteiger partial charge in [-0.05, 0) is 101 Å². The molecule has 10 heteroatoms. The van der Waals surface area contributed by atoms with E-state index in [1.165, 1.54) is 0 Å². The van der Waals surface area contributed by atoms with Crippen molar-refractivity contribution in [3.8, 4) is 11.5 Å². The Labute approximate surface area is 230 Å². The van der Waals surface area contributed by atoms with Gasteiger partial charge in [-0.3, -0.25) is 14.4 Å². The summed E-state index contributed by atoms with van der Waals surface area (Å²) in [6.07, 6.45) is 1.64. The molecular weight excluding hydrogens is 615 g/mol. The number of nitrogens with zero attached hydrogens (tertiary/aromatic N) is 1. The van der Waals surface area contributed by atoms with Gasteiger partial charge in [0.1, 0.15) is 0 Å². The number of benzene rings is 3. The summed E-state index contributed by atoms with van der Waals surface area (Å²) in [5.74, 6) is 0.129. The first-order valence-electron chi connectivity index (χ1n) is 10.8. The first kappa shape index (κ1) is 26.1. The summed E-state index contributed by atoms with van der Waals surface area (Å²) < 4.78 is 12.2. The minimum atomic E-state index is -0.418. The number of thioether (sulfide) groups is 1. The van der Waals surface area contributed by atoms with Crippen LogP contribution in [0, 0.1) is 3.57 Å². The van der Waals surface area contributed by atoms with Crippen molar-refractivity contribution in [1.82, 2.24) is 0 Å². The number of halogens is 2. The van der Waals surface area contributed by atoms with E-state index in [0.717, 1.165) is 16.7 Å². The second-order valence-electron chi connectivity index (χ2n) is 7.46. The number of carbonyl (C=O) groups excluding carboxylic acids is 3. The molecule has 4 rings (SSSR count). The number of rotatable bonds is 8. The van der Waals surface area contributed by atoms with Crippen molar-refractivity contribution >= 4 is 80.5 Å². The number of carbonyl (C=O) groups is 3. The van der Waals surface area contributed by atoms with Gasteiger partial charge in [-0.2, -0.15) is 0 Å². The van der Waals surface area contributed by atoms with Gasteiger partial charge >= 0.3 is 0 Å². The average Bonchev–Trinajstić information content (AvgIpc) is 3.12. The van der Waals surface area contributed by atoms with Gasteiger partial charge in [-0.15, -0.1) is 0 Å². The van der Waals surface area contributed by atoms with Gasteiger partial charge < -0.3 is 14.8 Å². The zero-order valence-electron chi connectivity index (χ0n) is 19.0. The Morgan fingerprint density at radius 3 is 2.50 bits per heavy atom. The summed E-state index contributed by atoms with van der Waals surface area (Å²) in [6, 6.07) is 19.1. The van der Waals surface area contributed by atoms with E-state index >= 15 is 0 Å². The van der Waals surface area contributed by atoms with Crippen LogP contribution in [0.2, 0.25) is 5.02 Å². The molecule has 1 heterocycles. The number of amides is 3. The second kappa shape index (κ2) is 11.8. The smallest absolute Gasteiger partial charge is 0.298 e. The first-order valence-corrected chi connectivity index (χ1v) is 13.1. The number of hydrogen-bond donors (Lipinski definition) is 1. The van der Waals surface area contributed by atoms with E-state index in [-0.39, 0.29) is 17.4 Å². The number of para-hydroxylation sites is 1. The molecule has 3 amide bonds. The van der Waals surface area contributed by atoms with Crippen molar-refractivity contribution < 1.29 is 23.9 Å². The number of anilines is 2. The SMILES string of the molecule is CCOc1cc(/C=C2/SC(=O)N(c3ccc(Cl)cc3)C2=O)cc(I)c1OCC(=O)Nc1ccccc1. The largest absolute Gasteiger partial charge is 0.490 e. The molecule has 7 nitrogen and oxygen atoms in total. The number of hydrogen-bond acceptors (Lipinski definition) is 6. The van der Waals surface area contributed by atoms with Crippen LogP contribution >= 0.6 is 46.0 Å². The van der Waals surface area contributed by atoms with E-state index in [4.69, 9.17) is 21.1 Å². The van der Waals surface area contributed by atoms with E-state index in [0.29, 0.717) is 43.6 Å². The Morgan fingerprint density at radius 2 is 1.81 bits per heavy atom. The molecule has 36 heavy (non-hydrogen) atoms. The normalized spacial score (nSPS) is 14.3. The van der Waals surface area contributed by atoms with E-state index in [1.54, 1.807) is 54.6 Å². The van der Waals surface area contributed by atoms with Crippen molar-refractivity contribution in [3.05, 3.63) is 85.8 Å². The molecule has 3 aromatic carbocycles. The molecule has 0 spiro atoms. The van der Waals surface area contributed by atoms with Gasteiger partial charge in [0.2, 0.25) is 0 Å². The highest BCUT2D eigenvalue weighted by Gasteiger charge is 2.36. The molecule has 0 saturated carbocycles. The van der Waals surface area contributed by atoms with Gasteiger partial charge in [0.05, 0.1) is 20.8 Å². The lowest BCUT2D eigenvalue weighted by atomic mass is 10.1. The van der Waals surface area contributed by atoms with Crippen LogP contribution in [0.1, 0.15) is 12.5 Å². The fourth-order valence-corrected chi connectivity index (χ4v) is 5.11. The van der Waals surface area contributed by atoms with Crippen LogP contribution in [-0.4, -0.2) is 30.3 Å². The van der Waals surface area contributed by atoms with Crippen LogP contribution in [0.5, 0.6) is 11.5 Å². The highest BCUT2D eigenvalue weighted by molar-refractivity contribution is 14.1. The van der Waals surface area contributed by atoms with Crippen molar-refractivity contribution in [3.63, 3.8) is 0 Å². The molecule has 0 unspecified atom stereocenters. The van der Waals surface area contributed by atoms with Crippen molar-refractivity contribution in [2.24, 2.45) is 0 Å². The third-order valence-corrected chi connectivity index (χ3v) is 6.84. The van der Waals surface area contributed by atoms with Gasteiger partial charge in [0.15, 0.2) is 18.1 Å². The average molecular weight is 635 g/mol. The van der Waals surface area contributed by atoms with Crippen LogP contribution in [0.4, 0.5) is 16.2 Å². The molecule has 184 valence electrons. The molecule has 3 aromatic rings. The molecule has 1 aliphatic heterocycles. The predicted octanol–water partition coefficient (Wildman–Crippen LogP) is 6.60. The third-order valence-electron chi connectivity index (χ3n) is 4.91. The Hall–Kier alpha value is -3.02. The Morgan fingerprint density at radius 1 is 1.08 bits per heavy atom. The number of imide groups is 1. The van der Waals surface area contributed by atoms with Gasteiger partial charge in [-0.25, -0.2) is 4.90 Å². The van der Waals surface area contributed by atoms with Crippen LogP contribution in [0.25, 0.3) is 6.08 Å². The van der Waals surface area contributed by atoms with Gasteiger partial charge in [0.25, 0.3) is 17.1 Å². The number of nitrogens with one attached hydrogen (secondary N) is 1. The zero-order valence-corrected chi connectivity index (χ0v) is 22.7. The monoisotopic (exact) mass is 634 g/mol. The van der Waals surface area contributed by atoms with E-state index in [2.05, 4.69) is 27.9 Å². The summed E-state index contributed by atoms with van der Waals surface area (Å²) >= 11 is 8.87. The quantitative estimate of drug-likeness (QED) is 0.222. The van der Waals surface area contributed by atoms with Gasteiger partial charge in [0, 0.05) is 10.7 Å². The molecule has 0 aliphatic carbocycles. The minimum absolute atomic E-state index is 0.204. The molecule has 1 fully saturated rings. The molecule has 0 atom stereocenters. The third kappa shape index (κ3) is 6.21. The maximum absolute atomic E-state index is 13.0. The fraction of sp³-hybridized carbons (Fsp3) is 0.115. The second-order valence-corrected chi connectivity index (χ2v) is 10.1. The van der Waals surface area contributed by atoms with Crippen molar-refractivity contribution in [2.45, 2.75) is 6.92 Å². The summed E-state index contributed by atoms with van der Waals surface area (Å²) in [5.41, 5.74) is 1.78. The first-order chi connectivity index (χ1) is 17.4. The van der Waals surface area contributed by atoms with Crippen LogP contribution < -0.4 is 19.7 Å². The summed E-state index contributed by atoms with van der Waals surface area (Å²) in [4.78, 5) is 39.2. The molecule has 0 aromatic heterocycles. The maximum Gasteiger partial charge on any atom is 0.298 e. The highest BCUT2D eigenvalue weighted by Crippen LogP contribution is 2.39. The standard InChI is InChI=1S/C26H20ClIN2O5S/c1-2-34-21-13-16(12-20(28)24(21)35-15-23(31)29-18-6-4-3-5-7-18)14-22-25(32)30(26(33)36-22)19-10-8-17(27)9-11-19/h3-14H,2,15H2,1H3,(H,29,31)/b22-14+. The lowest BCUT2D eigenvalue weighted by Gasteiger charge is -2.15. The molecule has 0 bridgehead atoms. The molecule has 1 N–H and O–H groups in total. The van der Waals surface area contributed by atoms with Crippen molar-refractivity contribution in [2.75, 3.05) is 23.4 Å². The van der Waals surface area contributed by atoms with Crippen LogP contribution in [0.3, 0.4) is 0 Å². The molecule has 0 radical (unpaired) electrons. The maximum atomic E-state index is 13.0. The summed E-state index contributed by atoms with van der Waals surface area (Å²) in [7, 11) is 0. The molecular formula is C26H20ClIN2O5S. The topological polar surface area (TPSA) is 84.9 Å². The number of ether oxygens (including phenoxy) is 2. The summed E-state index contributed by atoms with van der Waals surface area (Å²) in [6.45, 7) is 2.01. The van der Waals surface area contributed by atoms with E-state index in [9.17, 15) is 14.4 Å². The van der Waals surface area contributed by atoms with Gasteiger partial charge in [-0.1, -0.05) is 29.8 Å². The zero-order chi connectivity index (χ0) is 25.7. The lowest BCUT2D eigenvalue weighted by molar-refractivity contribution is -0.118. The molecule has 1 aliphatic rings. The predicted molar refractivity (Wildman–Crippen MR) is 151 cm³/mol. The molecule has 1 saturated heterocycles. The fourth-order valence-electron chi connectivity index (χ4n) is 3.36.